The fraction of sp³-hybridized carbons (Fsp3) is 0.250. The lowest BCUT2D eigenvalue weighted by atomic mass is 10.2. The number of hydrogen-bond acceptors (Lipinski definition) is 5. The van der Waals surface area contributed by atoms with E-state index in [1.807, 2.05) is 24.3 Å². The molecule has 3 rings (SSSR count). The molecule has 1 aromatic carbocycles. The molecular formula is C20H21N3O4. The Labute approximate surface area is 156 Å². The van der Waals surface area contributed by atoms with E-state index in [0.29, 0.717) is 37.4 Å². The largest absolute Gasteiger partial charge is 0.497 e. The van der Waals surface area contributed by atoms with Crippen molar-refractivity contribution in [3.05, 3.63) is 70.7 Å². The molecule has 27 heavy (non-hydrogen) atoms. The molecule has 0 bridgehead atoms. The number of hydrogen-bond donors (Lipinski definition) is 1. The first-order valence-electron chi connectivity index (χ1n) is 8.67. The first-order valence-corrected chi connectivity index (χ1v) is 8.67. The van der Waals surface area contributed by atoms with Crippen LogP contribution in [-0.4, -0.2) is 22.8 Å². The second-order valence-corrected chi connectivity index (χ2v) is 5.99. The Hall–Kier alpha value is -3.35. The molecule has 0 saturated carbocycles. The number of furan rings is 1. The Balaban J connectivity index is 1.50. The van der Waals surface area contributed by atoms with Gasteiger partial charge >= 0.3 is 0 Å². The highest BCUT2D eigenvalue weighted by Crippen LogP contribution is 2.15. The van der Waals surface area contributed by atoms with Gasteiger partial charge in [-0.15, -0.1) is 0 Å². The summed E-state index contributed by atoms with van der Waals surface area (Å²) >= 11 is 0. The third-order valence-corrected chi connectivity index (χ3v) is 4.04. The van der Waals surface area contributed by atoms with Crippen molar-refractivity contribution in [2.24, 2.45) is 0 Å². The maximum absolute atomic E-state index is 12.0. The third kappa shape index (κ3) is 5.07. The number of carbonyl (C=O) groups is 1. The fourth-order valence-corrected chi connectivity index (χ4v) is 2.63. The van der Waals surface area contributed by atoms with Crippen molar-refractivity contribution in [3.63, 3.8) is 0 Å². The van der Waals surface area contributed by atoms with E-state index >= 15 is 0 Å². The van der Waals surface area contributed by atoms with E-state index in [-0.39, 0.29) is 11.5 Å². The fourth-order valence-electron chi connectivity index (χ4n) is 2.63. The lowest BCUT2D eigenvalue weighted by Crippen LogP contribution is -2.25. The van der Waals surface area contributed by atoms with Crippen LogP contribution in [0.2, 0.25) is 0 Å². The average Bonchev–Trinajstić information content (AvgIpc) is 3.23. The summed E-state index contributed by atoms with van der Waals surface area (Å²) in [6, 6.07) is 14.2. The van der Waals surface area contributed by atoms with Crippen LogP contribution in [0.3, 0.4) is 0 Å². The number of methoxy groups -OCH3 is 1. The van der Waals surface area contributed by atoms with Crippen LogP contribution in [0.25, 0.3) is 11.5 Å². The lowest BCUT2D eigenvalue weighted by molar-refractivity contribution is -0.121. The van der Waals surface area contributed by atoms with Crippen molar-refractivity contribution in [1.29, 1.82) is 0 Å². The molecule has 7 nitrogen and oxygen atoms in total. The van der Waals surface area contributed by atoms with Crippen LogP contribution in [0, 0.1) is 0 Å². The van der Waals surface area contributed by atoms with Crippen LogP contribution < -0.4 is 15.6 Å². The molecule has 0 spiro atoms. The summed E-state index contributed by atoms with van der Waals surface area (Å²) in [5.41, 5.74) is 1.34. The van der Waals surface area contributed by atoms with Crippen molar-refractivity contribution >= 4 is 5.91 Å². The zero-order chi connectivity index (χ0) is 19.1. The smallest absolute Gasteiger partial charge is 0.266 e. The Bertz CT molecular complexity index is 948. The second-order valence-electron chi connectivity index (χ2n) is 5.99. The van der Waals surface area contributed by atoms with Crippen LogP contribution in [0.4, 0.5) is 0 Å². The van der Waals surface area contributed by atoms with Gasteiger partial charge in [-0.2, -0.15) is 5.10 Å². The predicted molar refractivity (Wildman–Crippen MR) is 100 cm³/mol. The lowest BCUT2D eigenvalue weighted by Gasteiger charge is -2.08. The maximum Gasteiger partial charge on any atom is 0.266 e. The first-order chi connectivity index (χ1) is 13.2. The number of aromatic nitrogens is 2. The molecule has 7 heteroatoms. The zero-order valence-electron chi connectivity index (χ0n) is 15.1. The van der Waals surface area contributed by atoms with Crippen molar-refractivity contribution in [3.8, 4) is 17.2 Å². The topological polar surface area (TPSA) is 86.4 Å². The summed E-state index contributed by atoms with van der Waals surface area (Å²) in [4.78, 5) is 24.0. The molecule has 1 amide bonds. The van der Waals surface area contributed by atoms with E-state index in [0.717, 1.165) is 11.3 Å². The van der Waals surface area contributed by atoms with Gasteiger partial charge in [0.05, 0.1) is 13.4 Å². The highest BCUT2D eigenvalue weighted by Gasteiger charge is 2.07. The van der Waals surface area contributed by atoms with E-state index in [1.54, 1.807) is 31.6 Å². The monoisotopic (exact) mass is 367 g/mol. The molecule has 3 aromatic rings. The molecular weight excluding hydrogens is 346 g/mol. The van der Waals surface area contributed by atoms with Crippen molar-refractivity contribution in [2.45, 2.75) is 25.9 Å². The van der Waals surface area contributed by atoms with E-state index < -0.39 is 0 Å². The number of rotatable bonds is 8. The van der Waals surface area contributed by atoms with Crippen LogP contribution >= 0.6 is 0 Å². The number of nitrogens with one attached hydrogen (secondary N) is 1. The van der Waals surface area contributed by atoms with Crippen LogP contribution in [-0.2, 0) is 17.9 Å². The van der Waals surface area contributed by atoms with E-state index in [9.17, 15) is 9.59 Å². The Morgan fingerprint density at radius 1 is 1.22 bits per heavy atom. The summed E-state index contributed by atoms with van der Waals surface area (Å²) in [6.45, 7) is 0.794. The van der Waals surface area contributed by atoms with E-state index in [2.05, 4.69) is 10.4 Å². The van der Waals surface area contributed by atoms with E-state index in [1.165, 1.54) is 10.7 Å². The zero-order valence-corrected chi connectivity index (χ0v) is 15.1. The van der Waals surface area contributed by atoms with Crippen LogP contribution in [0.1, 0.15) is 18.4 Å². The van der Waals surface area contributed by atoms with Crippen molar-refractivity contribution < 1.29 is 13.9 Å². The van der Waals surface area contributed by atoms with Gasteiger partial charge in [0.15, 0.2) is 5.76 Å². The van der Waals surface area contributed by atoms with Crippen LogP contribution in [0.15, 0.2) is 64.0 Å². The molecule has 0 radical (unpaired) electrons. The summed E-state index contributed by atoms with van der Waals surface area (Å²) in [6.07, 6.45) is 2.38. The van der Waals surface area contributed by atoms with Gasteiger partial charge in [-0.1, -0.05) is 12.1 Å². The van der Waals surface area contributed by atoms with Crippen molar-refractivity contribution in [2.75, 3.05) is 7.11 Å². The van der Waals surface area contributed by atoms with Gasteiger partial charge in [-0.3, -0.25) is 9.59 Å². The first kappa shape index (κ1) is 18.4. The van der Waals surface area contributed by atoms with Gasteiger partial charge in [-0.05, 0) is 42.3 Å². The average molecular weight is 367 g/mol. The van der Waals surface area contributed by atoms with Gasteiger partial charge in [0.25, 0.3) is 5.56 Å². The normalized spacial score (nSPS) is 10.6. The number of aryl methyl sites for hydroxylation is 1. The molecule has 140 valence electrons. The number of nitrogens with zero attached hydrogens (tertiary/aromatic N) is 2. The molecule has 0 aliphatic carbocycles. The Kier molecular flexibility index (Phi) is 6.04. The molecule has 2 heterocycles. The second kappa shape index (κ2) is 8.84. The number of ether oxygens (including phenoxy) is 1. The quantitative estimate of drug-likeness (QED) is 0.661. The van der Waals surface area contributed by atoms with Gasteiger partial charge < -0.3 is 14.5 Å². The molecule has 2 aromatic heterocycles. The molecule has 0 atom stereocenters. The number of amides is 1. The molecule has 0 aliphatic heterocycles. The summed E-state index contributed by atoms with van der Waals surface area (Å²) < 4.78 is 11.8. The van der Waals surface area contributed by atoms with Crippen LogP contribution in [0.5, 0.6) is 5.75 Å². The molecule has 0 unspecified atom stereocenters. The maximum atomic E-state index is 12.0. The summed E-state index contributed by atoms with van der Waals surface area (Å²) in [5, 5.41) is 7.16. The van der Waals surface area contributed by atoms with Gasteiger partial charge in [0, 0.05) is 25.6 Å². The molecule has 0 aliphatic rings. The van der Waals surface area contributed by atoms with Crippen molar-refractivity contribution in [1.82, 2.24) is 15.1 Å². The number of benzene rings is 1. The molecule has 0 fully saturated rings. The summed E-state index contributed by atoms with van der Waals surface area (Å²) in [5.74, 6) is 1.27. The number of carbonyl (C=O) groups excluding carboxylic acids is 1. The SMILES string of the molecule is COc1cccc(CNC(=O)CCCn2nc(-c3ccco3)ccc2=O)c1. The minimum absolute atomic E-state index is 0.0759. The minimum atomic E-state index is -0.206. The minimum Gasteiger partial charge on any atom is -0.497 e. The highest BCUT2D eigenvalue weighted by atomic mass is 16.5. The van der Waals surface area contributed by atoms with Gasteiger partial charge in [0.1, 0.15) is 11.4 Å². The standard InChI is InChI=1S/C20H21N3O4/c1-26-16-6-2-5-15(13-16)14-21-19(24)8-3-11-23-20(25)10-9-17(22-23)18-7-4-12-27-18/h2,4-7,9-10,12-13H,3,8,11,14H2,1H3,(H,21,24). The van der Waals surface area contributed by atoms with E-state index in [4.69, 9.17) is 9.15 Å². The predicted octanol–water partition coefficient (Wildman–Crippen LogP) is 2.61. The van der Waals surface area contributed by atoms with Gasteiger partial charge in [-0.25, -0.2) is 4.68 Å². The molecule has 1 N–H and O–H groups in total. The molecule has 0 saturated heterocycles. The van der Waals surface area contributed by atoms with Gasteiger partial charge in [0.2, 0.25) is 5.91 Å². The highest BCUT2D eigenvalue weighted by molar-refractivity contribution is 5.75. The Morgan fingerprint density at radius 2 is 2.11 bits per heavy atom. The summed E-state index contributed by atoms with van der Waals surface area (Å²) in [7, 11) is 1.61. The third-order valence-electron chi connectivity index (χ3n) is 4.04. The Morgan fingerprint density at radius 3 is 2.89 bits per heavy atom.